The Morgan fingerprint density at radius 3 is 2.73 bits per heavy atom. The molecule has 1 aliphatic carbocycles. The zero-order valence-corrected chi connectivity index (χ0v) is 13.9. The summed E-state index contributed by atoms with van der Waals surface area (Å²) in [7, 11) is 1.68. The Kier molecular flexibility index (Phi) is 7.43. The van der Waals surface area contributed by atoms with E-state index in [1.54, 1.807) is 7.11 Å². The Balaban J connectivity index is 2.07. The summed E-state index contributed by atoms with van der Waals surface area (Å²) in [6.45, 7) is 4.22. The van der Waals surface area contributed by atoms with Crippen molar-refractivity contribution in [2.75, 3.05) is 32.2 Å². The van der Waals surface area contributed by atoms with Crippen LogP contribution in [0.4, 0.5) is 5.82 Å². The molecule has 0 spiro atoms. The van der Waals surface area contributed by atoms with Crippen molar-refractivity contribution < 1.29 is 9.47 Å². The van der Waals surface area contributed by atoms with Gasteiger partial charge in [0.05, 0.1) is 6.61 Å². The highest BCUT2D eigenvalue weighted by Crippen LogP contribution is 2.32. The number of aromatic nitrogens is 2. The molecule has 1 aromatic heterocycles. The Morgan fingerprint density at radius 1 is 1.18 bits per heavy atom. The van der Waals surface area contributed by atoms with Crippen molar-refractivity contribution in [3.8, 4) is 5.88 Å². The molecule has 0 atom stereocenters. The molecule has 0 amide bonds. The summed E-state index contributed by atoms with van der Waals surface area (Å²) in [5.74, 6) is 2.96. The SMILES string of the molecule is CCCCNc1cc(OCCOC)nc(C2CCCCC2)n1. The van der Waals surface area contributed by atoms with E-state index in [1.165, 1.54) is 38.5 Å². The summed E-state index contributed by atoms with van der Waals surface area (Å²) < 4.78 is 10.7. The van der Waals surface area contributed by atoms with Crippen LogP contribution >= 0.6 is 0 Å². The Bertz CT molecular complexity index is 406. The molecule has 5 nitrogen and oxygen atoms in total. The van der Waals surface area contributed by atoms with Crippen LogP contribution in [0.3, 0.4) is 0 Å². The zero-order valence-electron chi connectivity index (χ0n) is 13.9. The van der Waals surface area contributed by atoms with Crippen molar-refractivity contribution in [2.45, 2.75) is 57.8 Å². The van der Waals surface area contributed by atoms with Gasteiger partial charge in [0.2, 0.25) is 5.88 Å². The highest BCUT2D eigenvalue weighted by Gasteiger charge is 2.19. The number of rotatable bonds is 9. The molecule has 2 rings (SSSR count). The predicted molar refractivity (Wildman–Crippen MR) is 88.6 cm³/mol. The van der Waals surface area contributed by atoms with Crippen LogP contribution in [0.15, 0.2) is 6.07 Å². The van der Waals surface area contributed by atoms with Gasteiger partial charge in [0, 0.05) is 25.6 Å². The molecule has 1 heterocycles. The second-order valence-corrected chi connectivity index (χ2v) is 5.91. The fourth-order valence-corrected chi connectivity index (χ4v) is 2.77. The third kappa shape index (κ3) is 5.44. The maximum atomic E-state index is 5.71. The summed E-state index contributed by atoms with van der Waals surface area (Å²) in [4.78, 5) is 9.35. The van der Waals surface area contributed by atoms with Crippen LogP contribution in [0.25, 0.3) is 0 Å². The minimum atomic E-state index is 0.478. The molecule has 5 heteroatoms. The maximum absolute atomic E-state index is 5.71. The number of hydrogen-bond donors (Lipinski definition) is 1. The summed E-state index contributed by atoms with van der Waals surface area (Å²) >= 11 is 0. The van der Waals surface area contributed by atoms with Crippen molar-refractivity contribution in [3.63, 3.8) is 0 Å². The van der Waals surface area contributed by atoms with Gasteiger partial charge in [-0.3, -0.25) is 0 Å². The van der Waals surface area contributed by atoms with Crippen LogP contribution < -0.4 is 10.1 Å². The molecule has 124 valence electrons. The van der Waals surface area contributed by atoms with Gasteiger partial charge in [-0.2, -0.15) is 4.98 Å². The molecule has 0 unspecified atom stereocenters. The molecule has 1 aromatic rings. The lowest BCUT2D eigenvalue weighted by atomic mass is 9.89. The van der Waals surface area contributed by atoms with E-state index in [1.807, 2.05) is 6.07 Å². The van der Waals surface area contributed by atoms with Crippen molar-refractivity contribution >= 4 is 5.82 Å². The summed E-state index contributed by atoms with van der Waals surface area (Å²) in [5.41, 5.74) is 0. The highest BCUT2D eigenvalue weighted by atomic mass is 16.5. The number of nitrogens with zero attached hydrogens (tertiary/aromatic N) is 2. The first-order valence-electron chi connectivity index (χ1n) is 8.58. The molecule has 1 N–H and O–H groups in total. The molecule has 1 saturated carbocycles. The van der Waals surface area contributed by atoms with E-state index in [0.717, 1.165) is 24.6 Å². The van der Waals surface area contributed by atoms with E-state index < -0.39 is 0 Å². The van der Waals surface area contributed by atoms with Crippen LogP contribution in [0, 0.1) is 0 Å². The molecule has 0 saturated heterocycles. The molecule has 22 heavy (non-hydrogen) atoms. The van der Waals surface area contributed by atoms with Gasteiger partial charge >= 0.3 is 0 Å². The molecular formula is C17H29N3O2. The lowest BCUT2D eigenvalue weighted by Crippen LogP contribution is -2.13. The van der Waals surface area contributed by atoms with Crippen molar-refractivity contribution in [1.82, 2.24) is 9.97 Å². The second-order valence-electron chi connectivity index (χ2n) is 5.91. The van der Waals surface area contributed by atoms with Gasteiger partial charge in [-0.05, 0) is 19.3 Å². The number of methoxy groups -OCH3 is 1. The first-order chi connectivity index (χ1) is 10.8. The number of anilines is 1. The largest absolute Gasteiger partial charge is 0.475 e. The van der Waals surface area contributed by atoms with Gasteiger partial charge in [0.25, 0.3) is 0 Å². The van der Waals surface area contributed by atoms with Gasteiger partial charge in [-0.15, -0.1) is 0 Å². The Hall–Kier alpha value is -1.36. The van der Waals surface area contributed by atoms with Gasteiger partial charge in [0.15, 0.2) is 0 Å². The summed E-state index contributed by atoms with van der Waals surface area (Å²) in [6.07, 6.45) is 8.59. The molecule has 0 aromatic carbocycles. The quantitative estimate of drug-likeness (QED) is 0.704. The van der Waals surface area contributed by atoms with Crippen molar-refractivity contribution in [2.24, 2.45) is 0 Å². The fraction of sp³-hybridized carbons (Fsp3) is 0.765. The van der Waals surface area contributed by atoms with E-state index in [-0.39, 0.29) is 0 Å². The monoisotopic (exact) mass is 307 g/mol. The van der Waals surface area contributed by atoms with E-state index in [0.29, 0.717) is 25.0 Å². The number of unbranched alkanes of at least 4 members (excludes halogenated alkanes) is 1. The molecule has 1 fully saturated rings. The number of ether oxygens (including phenoxy) is 2. The Labute approximate surface area is 133 Å². The third-order valence-electron chi connectivity index (χ3n) is 4.06. The van der Waals surface area contributed by atoms with Crippen LogP contribution in [-0.2, 0) is 4.74 Å². The van der Waals surface area contributed by atoms with Gasteiger partial charge in [-0.1, -0.05) is 32.6 Å². The highest BCUT2D eigenvalue weighted by molar-refractivity contribution is 5.39. The van der Waals surface area contributed by atoms with E-state index in [9.17, 15) is 0 Å². The van der Waals surface area contributed by atoms with Gasteiger partial charge in [-0.25, -0.2) is 4.98 Å². The van der Waals surface area contributed by atoms with E-state index in [2.05, 4.69) is 17.2 Å². The lowest BCUT2D eigenvalue weighted by molar-refractivity contribution is 0.143. The fourth-order valence-electron chi connectivity index (χ4n) is 2.77. The molecule has 0 aliphatic heterocycles. The average Bonchev–Trinajstić information content (AvgIpc) is 2.56. The minimum absolute atomic E-state index is 0.478. The third-order valence-corrected chi connectivity index (χ3v) is 4.06. The van der Waals surface area contributed by atoms with Gasteiger partial charge in [0.1, 0.15) is 18.2 Å². The summed E-state index contributed by atoms with van der Waals surface area (Å²) in [5, 5.41) is 3.39. The topological polar surface area (TPSA) is 56.3 Å². The van der Waals surface area contributed by atoms with Crippen LogP contribution in [-0.4, -0.2) is 36.8 Å². The van der Waals surface area contributed by atoms with Crippen molar-refractivity contribution in [3.05, 3.63) is 11.9 Å². The predicted octanol–water partition coefficient (Wildman–Crippen LogP) is 3.76. The van der Waals surface area contributed by atoms with Crippen LogP contribution in [0.2, 0.25) is 0 Å². The second kappa shape index (κ2) is 9.62. The first-order valence-corrected chi connectivity index (χ1v) is 8.58. The molecule has 0 bridgehead atoms. The number of nitrogens with one attached hydrogen (secondary N) is 1. The van der Waals surface area contributed by atoms with E-state index >= 15 is 0 Å². The number of hydrogen-bond acceptors (Lipinski definition) is 5. The molecule has 1 aliphatic rings. The smallest absolute Gasteiger partial charge is 0.218 e. The normalized spacial score (nSPS) is 15.7. The van der Waals surface area contributed by atoms with E-state index in [4.69, 9.17) is 14.5 Å². The summed E-state index contributed by atoms with van der Waals surface area (Å²) in [6, 6.07) is 1.90. The zero-order chi connectivity index (χ0) is 15.6. The van der Waals surface area contributed by atoms with Gasteiger partial charge < -0.3 is 14.8 Å². The standard InChI is InChI=1S/C17H29N3O2/c1-3-4-10-18-15-13-16(22-12-11-21-2)20-17(19-15)14-8-6-5-7-9-14/h13-14H,3-12H2,1-2H3,(H,18,19,20). The lowest BCUT2D eigenvalue weighted by Gasteiger charge is -2.21. The van der Waals surface area contributed by atoms with Crippen LogP contribution in [0.1, 0.15) is 63.6 Å². The molecule has 0 radical (unpaired) electrons. The average molecular weight is 307 g/mol. The Morgan fingerprint density at radius 2 is 2.00 bits per heavy atom. The minimum Gasteiger partial charge on any atom is -0.475 e. The first kappa shape index (κ1) is 17.0. The van der Waals surface area contributed by atoms with Crippen LogP contribution in [0.5, 0.6) is 5.88 Å². The molecular weight excluding hydrogens is 278 g/mol. The van der Waals surface area contributed by atoms with Crippen molar-refractivity contribution in [1.29, 1.82) is 0 Å². The maximum Gasteiger partial charge on any atom is 0.218 e.